The number of aromatic nitrogens is 3. The Morgan fingerprint density at radius 1 is 0.889 bits per heavy atom. The van der Waals surface area contributed by atoms with Crippen molar-refractivity contribution in [2.75, 3.05) is 0 Å². The minimum atomic E-state index is 0.717. The third kappa shape index (κ3) is 2.13. The van der Waals surface area contributed by atoms with Gasteiger partial charge in [-0.3, -0.25) is 0 Å². The standard InChI is InChI=1S/C14H10ClN3/c15-12-8-6-11(7-9-12)14-10-16-18(17-14)13-4-2-1-3-5-13/h1-10H. The summed E-state index contributed by atoms with van der Waals surface area (Å²) >= 11 is 5.86. The molecule has 0 amide bonds. The molecule has 18 heavy (non-hydrogen) atoms. The van der Waals surface area contributed by atoms with Gasteiger partial charge in [-0.15, -0.1) is 5.10 Å². The summed E-state index contributed by atoms with van der Waals surface area (Å²) in [6, 6.07) is 17.4. The third-order valence-electron chi connectivity index (χ3n) is 2.62. The quantitative estimate of drug-likeness (QED) is 0.701. The number of hydrogen-bond acceptors (Lipinski definition) is 2. The maximum absolute atomic E-state index is 5.86. The summed E-state index contributed by atoms with van der Waals surface area (Å²) < 4.78 is 0. The summed E-state index contributed by atoms with van der Waals surface area (Å²) in [6.45, 7) is 0. The number of rotatable bonds is 2. The van der Waals surface area contributed by atoms with Gasteiger partial charge in [-0.2, -0.15) is 9.90 Å². The molecule has 2 aromatic carbocycles. The van der Waals surface area contributed by atoms with Crippen LogP contribution in [0.25, 0.3) is 16.9 Å². The highest BCUT2D eigenvalue weighted by atomic mass is 35.5. The van der Waals surface area contributed by atoms with Crippen molar-refractivity contribution in [1.82, 2.24) is 15.0 Å². The molecule has 0 aliphatic heterocycles. The van der Waals surface area contributed by atoms with Gasteiger partial charge >= 0.3 is 0 Å². The van der Waals surface area contributed by atoms with Crippen molar-refractivity contribution < 1.29 is 0 Å². The van der Waals surface area contributed by atoms with E-state index in [9.17, 15) is 0 Å². The molecule has 3 aromatic rings. The average molecular weight is 256 g/mol. The van der Waals surface area contributed by atoms with E-state index in [2.05, 4.69) is 10.2 Å². The van der Waals surface area contributed by atoms with Crippen LogP contribution < -0.4 is 0 Å². The molecule has 3 nitrogen and oxygen atoms in total. The van der Waals surface area contributed by atoms with Crippen LogP contribution in [0.3, 0.4) is 0 Å². The Labute approximate surface area is 110 Å². The molecule has 0 radical (unpaired) electrons. The van der Waals surface area contributed by atoms with Crippen LogP contribution in [0, 0.1) is 0 Å². The Morgan fingerprint density at radius 3 is 2.33 bits per heavy atom. The molecule has 0 unspecified atom stereocenters. The Bertz CT molecular complexity index is 644. The normalized spacial score (nSPS) is 10.5. The van der Waals surface area contributed by atoms with Crippen LogP contribution in [-0.2, 0) is 0 Å². The average Bonchev–Trinajstić information content (AvgIpc) is 2.90. The monoisotopic (exact) mass is 255 g/mol. The van der Waals surface area contributed by atoms with Crippen LogP contribution >= 0.6 is 11.6 Å². The molecule has 0 N–H and O–H groups in total. The van der Waals surface area contributed by atoms with Gasteiger partial charge in [-0.25, -0.2) is 0 Å². The van der Waals surface area contributed by atoms with E-state index in [0.29, 0.717) is 5.02 Å². The Kier molecular flexibility index (Phi) is 2.82. The van der Waals surface area contributed by atoms with E-state index in [-0.39, 0.29) is 0 Å². The third-order valence-corrected chi connectivity index (χ3v) is 2.87. The predicted octanol–water partition coefficient (Wildman–Crippen LogP) is 3.59. The van der Waals surface area contributed by atoms with Gasteiger partial charge in [0.25, 0.3) is 0 Å². The molecule has 3 rings (SSSR count). The predicted molar refractivity (Wildman–Crippen MR) is 71.8 cm³/mol. The second-order valence-electron chi connectivity index (χ2n) is 3.86. The van der Waals surface area contributed by atoms with Crippen molar-refractivity contribution in [1.29, 1.82) is 0 Å². The zero-order valence-electron chi connectivity index (χ0n) is 9.49. The van der Waals surface area contributed by atoms with Gasteiger partial charge in [-0.1, -0.05) is 41.9 Å². The molecule has 0 aliphatic carbocycles. The van der Waals surface area contributed by atoms with E-state index in [1.165, 1.54) is 0 Å². The van der Waals surface area contributed by atoms with Gasteiger partial charge in [0.1, 0.15) is 5.69 Å². The summed E-state index contributed by atoms with van der Waals surface area (Å²) in [5.41, 5.74) is 2.77. The van der Waals surface area contributed by atoms with Crippen molar-refractivity contribution in [3.8, 4) is 16.9 Å². The zero-order chi connectivity index (χ0) is 12.4. The Balaban J connectivity index is 1.97. The molecule has 1 heterocycles. The van der Waals surface area contributed by atoms with Gasteiger partial charge in [-0.05, 0) is 24.3 Å². The fourth-order valence-corrected chi connectivity index (χ4v) is 1.83. The molecule has 0 saturated carbocycles. The van der Waals surface area contributed by atoms with Crippen LogP contribution in [0.5, 0.6) is 0 Å². The highest BCUT2D eigenvalue weighted by Crippen LogP contribution is 2.19. The van der Waals surface area contributed by atoms with Crippen molar-refractivity contribution in [3.63, 3.8) is 0 Å². The lowest BCUT2D eigenvalue weighted by Crippen LogP contribution is -1.97. The number of benzene rings is 2. The number of para-hydroxylation sites is 1. The van der Waals surface area contributed by atoms with Gasteiger partial charge < -0.3 is 0 Å². The van der Waals surface area contributed by atoms with E-state index >= 15 is 0 Å². The first-order valence-electron chi connectivity index (χ1n) is 5.57. The maximum atomic E-state index is 5.86. The molecule has 88 valence electrons. The molecule has 4 heteroatoms. The van der Waals surface area contributed by atoms with Crippen LogP contribution in [-0.4, -0.2) is 15.0 Å². The first-order valence-corrected chi connectivity index (χ1v) is 5.94. The largest absolute Gasteiger partial charge is 0.156 e. The molecule has 0 spiro atoms. The van der Waals surface area contributed by atoms with E-state index in [0.717, 1.165) is 16.9 Å². The Morgan fingerprint density at radius 2 is 1.61 bits per heavy atom. The van der Waals surface area contributed by atoms with Gasteiger partial charge in [0, 0.05) is 10.6 Å². The first-order chi connectivity index (χ1) is 8.83. The summed E-state index contributed by atoms with van der Waals surface area (Å²) in [4.78, 5) is 1.62. The topological polar surface area (TPSA) is 30.7 Å². The first kappa shape index (κ1) is 11.0. The summed E-state index contributed by atoms with van der Waals surface area (Å²) in [5.74, 6) is 0. The number of hydrogen-bond donors (Lipinski definition) is 0. The molecular formula is C14H10ClN3. The van der Waals surface area contributed by atoms with E-state index in [4.69, 9.17) is 11.6 Å². The second-order valence-corrected chi connectivity index (χ2v) is 4.30. The second kappa shape index (κ2) is 4.63. The van der Waals surface area contributed by atoms with Crippen LogP contribution in [0.15, 0.2) is 60.8 Å². The SMILES string of the molecule is Clc1ccc(-c2cnn(-c3ccccc3)n2)cc1. The fourth-order valence-electron chi connectivity index (χ4n) is 1.70. The van der Waals surface area contributed by atoms with E-state index in [1.54, 1.807) is 11.0 Å². The maximum Gasteiger partial charge on any atom is 0.113 e. The number of halogens is 1. The molecule has 0 bridgehead atoms. The summed E-state index contributed by atoms with van der Waals surface area (Å²) in [6.07, 6.45) is 1.75. The van der Waals surface area contributed by atoms with Crippen molar-refractivity contribution in [3.05, 3.63) is 65.8 Å². The van der Waals surface area contributed by atoms with Crippen LogP contribution in [0.4, 0.5) is 0 Å². The molecular weight excluding hydrogens is 246 g/mol. The highest BCUT2D eigenvalue weighted by molar-refractivity contribution is 6.30. The lowest BCUT2D eigenvalue weighted by Gasteiger charge is -1.98. The zero-order valence-corrected chi connectivity index (χ0v) is 10.2. The van der Waals surface area contributed by atoms with Crippen molar-refractivity contribution in [2.24, 2.45) is 0 Å². The fraction of sp³-hybridized carbons (Fsp3) is 0. The minimum Gasteiger partial charge on any atom is -0.156 e. The lowest BCUT2D eigenvalue weighted by molar-refractivity contribution is 0.754. The van der Waals surface area contributed by atoms with E-state index < -0.39 is 0 Å². The smallest absolute Gasteiger partial charge is 0.113 e. The van der Waals surface area contributed by atoms with Gasteiger partial charge in [0.2, 0.25) is 0 Å². The summed E-state index contributed by atoms with van der Waals surface area (Å²) in [5, 5.41) is 9.42. The minimum absolute atomic E-state index is 0.717. The van der Waals surface area contributed by atoms with Crippen molar-refractivity contribution in [2.45, 2.75) is 0 Å². The Hall–Kier alpha value is -2.13. The number of nitrogens with zero attached hydrogens (tertiary/aromatic N) is 3. The molecule has 0 aliphatic rings. The molecule has 1 aromatic heterocycles. The molecule has 0 atom stereocenters. The van der Waals surface area contributed by atoms with Crippen LogP contribution in [0.2, 0.25) is 5.02 Å². The van der Waals surface area contributed by atoms with Gasteiger partial charge in [0.05, 0.1) is 11.9 Å². The molecule has 0 fully saturated rings. The van der Waals surface area contributed by atoms with Crippen LogP contribution in [0.1, 0.15) is 0 Å². The summed E-state index contributed by atoms with van der Waals surface area (Å²) in [7, 11) is 0. The lowest BCUT2D eigenvalue weighted by atomic mass is 10.2. The van der Waals surface area contributed by atoms with Gasteiger partial charge in [0.15, 0.2) is 0 Å². The molecule has 0 saturated heterocycles. The van der Waals surface area contributed by atoms with Crippen molar-refractivity contribution >= 4 is 11.6 Å². The van der Waals surface area contributed by atoms with E-state index in [1.807, 2.05) is 54.6 Å². The highest BCUT2D eigenvalue weighted by Gasteiger charge is 2.04.